The molecule has 0 saturated heterocycles. The van der Waals surface area contributed by atoms with Gasteiger partial charge >= 0.3 is 5.97 Å². The van der Waals surface area contributed by atoms with Crippen LogP contribution in [0.2, 0.25) is 0 Å². The SMILES string of the molecule is C=CC/C(=C1/C=CCC=C/C1=C(/C)N(C(=N)Br)C(=N)SCC(=O)NC1=CC=CC(C(=O)O)C=C1Cl)C1CC1. The van der Waals surface area contributed by atoms with Gasteiger partial charge < -0.3 is 10.4 Å². The Kier molecular flexibility index (Phi) is 10.8. The average molecular weight is 618 g/mol. The fourth-order valence-electron chi connectivity index (χ4n) is 4.11. The highest BCUT2D eigenvalue weighted by Crippen LogP contribution is 2.43. The second-order valence-corrected chi connectivity index (χ2v) is 11.0. The van der Waals surface area contributed by atoms with E-state index < -0.39 is 17.8 Å². The molecule has 200 valence electrons. The minimum absolute atomic E-state index is 0.00650. The number of nitrogens with zero attached hydrogens (tertiary/aromatic N) is 1. The molecule has 1 atom stereocenters. The topological polar surface area (TPSA) is 117 Å². The van der Waals surface area contributed by atoms with E-state index in [1.807, 2.05) is 19.1 Å². The number of hydrogen-bond acceptors (Lipinski definition) is 5. The van der Waals surface area contributed by atoms with E-state index in [0.717, 1.165) is 48.6 Å². The molecule has 1 unspecified atom stereocenters. The van der Waals surface area contributed by atoms with Crippen molar-refractivity contribution in [2.45, 2.75) is 32.6 Å². The lowest BCUT2D eigenvalue weighted by Gasteiger charge is -2.26. The Bertz CT molecular complexity index is 1250. The van der Waals surface area contributed by atoms with Crippen LogP contribution in [0.4, 0.5) is 0 Å². The van der Waals surface area contributed by atoms with Crippen molar-refractivity contribution in [1.29, 1.82) is 10.8 Å². The number of carboxylic acid groups (broad SMARTS) is 1. The number of carbonyl (C=O) groups excluding carboxylic acids is 1. The van der Waals surface area contributed by atoms with Crippen LogP contribution in [0.15, 0.2) is 94.4 Å². The third-order valence-electron chi connectivity index (χ3n) is 6.10. The molecule has 0 spiro atoms. The Morgan fingerprint density at radius 3 is 2.58 bits per heavy atom. The van der Waals surface area contributed by atoms with Crippen LogP contribution >= 0.6 is 39.3 Å². The standard InChI is InChI=1S/C28H30BrClN4O3S/c1-3-8-21(18-13-14-18)22-11-6-4-5-10-20(22)17(2)34(27(29)31)28(32)38-16-25(35)33-24-12-7-9-19(26(36)37)15-23(24)30/h3,5-7,9-12,15,18-19,31-32H,1,4,8,13-14,16H2,2H3,(H,33,35)(H,36,37)/b20-17+,22-21+,31-27?,32-28?. The summed E-state index contributed by atoms with van der Waals surface area (Å²) in [5.74, 6) is -1.92. The summed E-state index contributed by atoms with van der Waals surface area (Å²) in [6.45, 7) is 5.80. The van der Waals surface area contributed by atoms with Crippen molar-refractivity contribution in [2.75, 3.05) is 5.75 Å². The van der Waals surface area contributed by atoms with E-state index >= 15 is 0 Å². The molecule has 38 heavy (non-hydrogen) atoms. The van der Waals surface area contributed by atoms with Gasteiger partial charge in [-0.25, -0.2) is 0 Å². The quantitative estimate of drug-likeness (QED) is 0.104. The smallest absolute Gasteiger partial charge is 0.314 e. The zero-order chi connectivity index (χ0) is 27.8. The molecule has 10 heteroatoms. The monoisotopic (exact) mass is 616 g/mol. The molecule has 0 aromatic heterocycles. The van der Waals surface area contributed by atoms with Gasteiger partial charge in [0, 0.05) is 11.3 Å². The number of nitrogens with one attached hydrogen (secondary N) is 3. The second kappa shape index (κ2) is 13.8. The number of allylic oxidation sites excluding steroid dienone is 12. The van der Waals surface area contributed by atoms with Crippen molar-refractivity contribution in [3.63, 3.8) is 0 Å². The molecule has 1 saturated carbocycles. The minimum Gasteiger partial charge on any atom is -0.481 e. The number of thioether (sulfide) groups is 1. The number of carbonyl (C=O) groups is 2. The molecule has 1 fully saturated rings. The van der Waals surface area contributed by atoms with Crippen molar-refractivity contribution >= 4 is 61.1 Å². The summed E-state index contributed by atoms with van der Waals surface area (Å²) in [7, 11) is 0. The van der Waals surface area contributed by atoms with Gasteiger partial charge in [0.05, 0.1) is 22.4 Å². The van der Waals surface area contributed by atoms with E-state index in [0.29, 0.717) is 11.6 Å². The number of hydrogen-bond donors (Lipinski definition) is 4. The van der Waals surface area contributed by atoms with E-state index in [9.17, 15) is 14.7 Å². The van der Waals surface area contributed by atoms with Crippen LogP contribution in [0, 0.1) is 22.7 Å². The summed E-state index contributed by atoms with van der Waals surface area (Å²) in [4.78, 5) is 25.4. The highest BCUT2D eigenvalue weighted by atomic mass is 79.9. The fourth-order valence-corrected chi connectivity index (χ4v) is 5.62. The summed E-state index contributed by atoms with van der Waals surface area (Å²) in [5, 5.41) is 29.0. The molecule has 0 bridgehead atoms. The first-order chi connectivity index (χ1) is 18.1. The Labute approximate surface area is 240 Å². The molecule has 3 aliphatic rings. The second-order valence-electron chi connectivity index (χ2n) is 8.86. The van der Waals surface area contributed by atoms with E-state index in [1.165, 1.54) is 34.8 Å². The predicted octanol–water partition coefficient (Wildman–Crippen LogP) is 6.75. The van der Waals surface area contributed by atoms with E-state index in [-0.39, 0.29) is 26.4 Å². The van der Waals surface area contributed by atoms with Gasteiger partial charge in [-0.1, -0.05) is 71.5 Å². The third-order valence-corrected chi connectivity index (χ3v) is 7.65. The molecule has 0 aliphatic heterocycles. The first-order valence-electron chi connectivity index (χ1n) is 12.1. The number of halogens is 2. The van der Waals surface area contributed by atoms with Crippen LogP contribution in [0.3, 0.4) is 0 Å². The lowest BCUT2D eigenvalue weighted by atomic mass is 9.93. The van der Waals surface area contributed by atoms with Crippen LogP contribution in [0.5, 0.6) is 0 Å². The summed E-state index contributed by atoms with van der Waals surface area (Å²) in [6, 6.07) is 0. The molecular weight excluding hydrogens is 588 g/mol. The zero-order valence-corrected chi connectivity index (χ0v) is 24.1. The highest BCUT2D eigenvalue weighted by molar-refractivity contribution is 9.18. The van der Waals surface area contributed by atoms with Gasteiger partial charge in [0.15, 0.2) is 9.91 Å². The van der Waals surface area contributed by atoms with Crippen molar-refractivity contribution in [2.24, 2.45) is 11.8 Å². The fraction of sp³-hybridized carbons (Fsp3) is 0.286. The molecule has 0 aromatic carbocycles. The first-order valence-corrected chi connectivity index (χ1v) is 14.2. The van der Waals surface area contributed by atoms with Gasteiger partial charge in [0.25, 0.3) is 0 Å². The van der Waals surface area contributed by atoms with Gasteiger partial charge in [-0.15, -0.1) is 6.58 Å². The normalized spacial score (nSPS) is 21.4. The predicted molar refractivity (Wildman–Crippen MR) is 159 cm³/mol. The number of amidine groups is 2. The molecule has 0 radical (unpaired) electrons. The summed E-state index contributed by atoms with van der Waals surface area (Å²) < 4.78 is -0.0135. The number of amides is 1. The van der Waals surface area contributed by atoms with Crippen molar-refractivity contribution in [3.8, 4) is 0 Å². The molecular formula is C28H30BrClN4O3S. The molecule has 3 rings (SSSR count). The van der Waals surface area contributed by atoms with Crippen molar-refractivity contribution in [3.05, 3.63) is 94.4 Å². The summed E-state index contributed by atoms with van der Waals surface area (Å²) in [6.07, 6.45) is 20.0. The Hall–Kier alpha value is -2.88. The van der Waals surface area contributed by atoms with Crippen LogP contribution in [-0.4, -0.2) is 37.5 Å². The van der Waals surface area contributed by atoms with Gasteiger partial charge in [-0.05, 0) is 72.2 Å². The largest absolute Gasteiger partial charge is 0.481 e. The molecule has 7 nitrogen and oxygen atoms in total. The molecule has 3 aliphatic carbocycles. The van der Waals surface area contributed by atoms with E-state index in [4.69, 9.17) is 22.4 Å². The van der Waals surface area contributed by atoms with Crippen LogP contribution in [0.1, 0.15) is 32.6 Å². The Morgan fingerprint density at radius 1 is 1.29 bits per heavy atom. The average Bonchev–Trinajstić information content (AvgIpc) is 3.72. The van der Waals surface area contributed by atoms with Gasteiger partial charge in [-0.2, -0.15) is 0 Å². The van der Waals surface area contributed by atoms with Crippen LogP contribution in [0.25, 0.3) is 0 Å². The minimum atomic E-state index is -1.04. The van der Waals surface area contributed by atoms with Gasteiger partial charge in [0.2, 0.25) is 5.91 Å². The first kappa shape index (κ1) is 29.7. The lowest BCUT2D eigenvalue weighted by molar-refractivity contribution is -0.138. The maximum atomic E-state index is 12.7. The summed E-state index contributed by atoms with van der Waals surface area (Å²) in [5.41, 5.74) is 4.33. The zero-order valence-electron chi connectivity index (χ0n) is 21.0. The third kappa shape index (κ3) is 7.82. The van der Waals surface area contributed by atoms with Crippen molar-refractivity contribution in [1.82, 2.24) is 10.2 Å². The number of carboxylic acids is 1. The van der Waals surface area contributed by atoms with Gasteiger partial charge in [0.1, 0.15) is 0 Å². The van der Waals surface area contributed by atoms with E-state index in [2.05, 4.69) is 46.1 Å². The van der Waals surface area contributed by atoms with E-state index in [1.54, 1.807) is 0 Å². The number of aliphatic carboxylic acids is 1. The van der Waals surface area contributed by atoms with Crippen LogP contribution in [-0.2, 0) is 9.59 Å². The van der Waals surface area contributed by atoms with Crippen LogP contribution < -0.4 is 5.32 Å². The molecule has 0 heterocycles. The van der Waals surface area contributed by atoms with Gasteiger partial charge in [-0.3, -0.25) is 25.3 Å². The molecule has 4 N–H and O–H groups in total. The molecule has 1 amide bonds. The highest BCUT2D eigenvalue weighted by Gasteiger charge is 2.29. The molecule has 0 aromatic rings. The maximum Gasteiger partial charge on any atom is 0.314 e. The summed E-state index contributed by atoms with van der Waals surface area (Å²) >= 11 is 10.4. The van der Waals surface area contributed by atoms with Crippen molar-refractivity contribution < 1.29 is 14.7 Å². The maximum absolute atomic E-state index is 12.7. The Balaban J connectivity index is 1.78. The lowest BCUT2D eigenvalue weighted by Crippen LogP contribution is -2.32. The Morgan fingerprint density at radius 2 is 1.97 bits per heavy atom. The number of rotatable bonds is 8.